The smallest absolute Gasteiger partial charge is 0.168 e. The van der Waals surface area contributed by atoms with Crippen molar-refractivity contribution >= 4 is 5.78 Å². The van der Waals surface area contributed by atoms with E-state index in [0.29, 0.717) is 24.0 Å². The molecule has 2 aliphatic carbocycles. The summed E-state index contributed by atoms with van der Waals surface area (Å²) in [4.78, 5) is 12.6. The molecule has 0 spiro atoms. The predicted molar refractivity (Wildman–Crippen MR) is 71.3 cm³/mol. The van der Waals surface area contributed by atoms with Gasteiger partial charge in [0, 0.05) is 11.8 Å². The maximum absolute atomic E-state index is 12.6. The molecule has 0 aromatic rings. The zero-order chi connectivity index (χ0) is 13.6. The van der Waals surface area contributed by atoms with E-state index in [4.69, 9.17) is 4.74 Å². The van der Waals surface area contributed by atoms with E-state index in [1.807, 2.05) is 0 Å². The number of ether oxygens (including phenoxy) is 1. The van der Waals surface area contributed by atoms with E-state index < -0.39 is 5.60 Å². The summed E-state index contributed by atoms with van der Waals surface area (Å²) in [7, 11) is 0. The molecule has 0 unspecified atom stereocenters. The van der Waals surface area contributed by atoms with Crippen LogP contribution >= 0.6 is 0 Å². The van der Waals surface area contributed by atoms with Gasteiger partial charge in [-0.2, -0.15) is 0 Å². The summed E-state index contributed by atoms with van der Waals surface area (Å²) in [6, 6.07) is 0. The van der Waals surface area contributed by atoms with Gasteiger partial charge in [-0.15, -0.1) is 0 Å². The molecule has 4 atom stereocenters. The molecule has 102 valence electrons. The van der Waals surface area contributed by atoms with Crippen molar-refractivity contribution in [1.29, 1.82) is 0 Å². The van der Waals surface area contributed by atoms with Gasteiger partial charge in [-0.05, 0) is 30.1 Å². The van der Waals surface area contributed by atoms with Crippen molar-refractivity contribution in [1.82, 2.24) is 0 Å². The average molecular weight is 250 g/mol. The molecule has 0 aromatic carbocycles. The van der Waals surface area contributed by atoms with Crippen LogP contribution in [-0.4, -0.2) is 17.0 Å². The number of carbonyl (C=O) groups is 1. The summed E-state index contributed by atoms with van der Waals surface area (Å²) < 4.78 is 6.35. The first-order chi connectivity index (χ1) is 8.15. The molecular formula is C16H26O2. The van der Waals surface area contributed by atoms with Gasteiger partial charge in [-0.25, -0.2) is 0 Å². The Morgan fingerprint density at radius 1 is 1.06 bits per heavy atom. The average Bonchev–Trinajstić information content (AvgIpc) is 3.00. The number of ketones is 1. The van der Waals surface area contributed by atoms with E-state index in [0.717, 1.165) is 12.8 Å². The number of Topliss-reactive ketones (excluding diaryl/α,β-unsaturated/α-hetero) is 1. The molecular weight excluding hydrogens is 224 g/mol. The minimum absolute atomic E-state index is 0.0422. The third kappa shape index (κ3) is 0.941. The fourth-order valence-electron chi connectivity index (χ4n) is 5.28. The van der Waals surface area contributed by atoms with Crippen molar-refractivity contribution < 1.29 is 9.53 Å². The molecule has 1 aliphatic heterocycles. The van der Waals surface area contributed by atoms with E-state index in [1.165, 1.54) is 0 Å². The SMILES string of the molecule is C[C@H]1[C@H](C)C(C)(C)[C@@]23O[C@@]2(CCCC3=O)C1(C)C. The fourth-order valence-corrected chi connectivity index (χ4v) is 5.28. The lowest BCUT2D eigenvalue weighted by Gasteiger charge is -2.55. The van der Waals surface area contributed by atoms with Gasteiger partial charge in [0.2, 0.25) is 0 Å². The van der Waals surface area contributed by atoms with Crippen LogP contribution in [-0.2, 0) is 9.53 Å². The van der Waals surface area contributed by atoms with Crippen molar-refractivity contribution in [2.45, 2.75) is 72.0 Å². The van der Waals surface area contributed by atoms with Gasteiger partial charge in [0.15, 0.2) is 11.4 Å². The monoisotopic (exact) mass is 250 g/mol. The molecule has 0 aromatic heterocycles. The summed E-state index contributed by atoms with van der Waals surface area (Å²) in [5, 5.41) is 0. The van der Waals surface area contributed by atoms with Crippen LogP contribution in [0.5, 0.6) is 0 Å². The number of rotatable bonds is 0. The van der Waals surface area contributed by atoms with Gasteiger partial charge in [0.1, 0.15) is 5.60 Å². The first-order valence-corrected chi connectivity index (χ1v) is 7.38. The van der Waals surface area contributed by atoms with Crippen LogP contribution < -0.4 is 0 Å². The maximum atomic E-state index is 12.6. The number of hydrogen-bond acceptors (Lipinski definition) is 2. The lowest BCUT2D eigenvalue weighted by molar-refractivity contribution is -0.137. The zero-order valence-corrected chi connectivity index (χ0v) is 12.6. The van der Waals surface area contributed by atoms with E-state index in [1.54, 1.807) is 0 Å². The topological polar surface area (TPSA) is 29.6 Å². The van der Waals surface area contributed by atoms with Gasteiger partial charge in [0.05, 0.1) is 0 Å². The van der Waals surface area contributed by atoms with Gasteiger partial charge >= 0.3 is 0 Å². The predicted octanol–water partition coefficient (Wildman–Crippen LogP) is 3.59. The highest BCUT2D eigenvalue weighted by Gasteiger charge is 2.88. The molecule has 2 nitrogen and oxygen atoms in total. The molecule has 3 fully saturated rings. The number of carbonyl (C=O) groups excluding carboxylic acids is 1. The second-order valence-electron chi connectivity index (χ2n) is 7.91. The normalized spacial score (nSPS) is 52.4. The van der Waals surface area contributed by atoms with Crippen molar-refractivity contribution in [3.05, 3.63) is 0 Å². The van der Waals surface area contributed by atoms with Crippen molar-refractivity contribution in [2.24, 2.45) is 22.7 Å². The largest absolute Gasteiger partial charge is 0.353 e. The Morgan fingerprint density at radius 3 is 2.22 bits per heavy atom. The van der Waals surface area contributed by atoms with Crippen LogP contribution in [0.4, 0.5) is 0 Å². The summed E-state index contributed by atoms with van der Waals surface area (Å²) in [6.07, 6.45) is 2.77. The molecule has 2 heteroatoms. The van der Waals surface area contributed by atoms with Gasteiger partial charge in [0.25, 0.3) is 0 Å². The Labute approximate surface area is 110 Å². The molecule has 3 aliphatic rings. The molecule has 0 bridgehead atoms. The molecule has 18 heavy (non-hydrogen) atoms. The molecule has 0 N–H and O–H groups in total. The molecule has 1 saturated heterocycles. The fraction of sp³-hybridized carbons (Fsp3) is 0.938. The van der Waals surface area contributed by atoms with Crippen molar-refractivity contribution in [3.63, 3.8) is 0 Å². The molecule has 0 amide bonds. The Morgan fingerprint density at radius 2 is 1.61 bits per heavy atom. The van der Waals surface area contributed by atoms with E-state index in [-0.39, 0.29) is 16.4 Å². The van der Waals surface area contributed by atoms with Crippen LogP contribution in [0.2, 0.25) is 0 Å². The molecule has 0 radical (unpaired) electrons. The van der Waals surface area contributed by atoms with Crippen LogP contribution in [0.15, 0.2) is 0 Å². The summed E-state index contributed by atoms with van der Waals surface area (Å²) in [5.41, 5.74) is -0.601. The summed E-state index contributed by atoms with van der Waals surface area (Å²) in [6.45, 7) is 13.7. The molecule has 1 heterocycles. The lowest BCUT2D eigenvalue weighted by atomic mass is 9.44. The van der Waals surface area contributed by atoms with Crippen LogP contribution in [0.25, 0.3) is 0 Å². The van der Waals surface area contributed by atoms with Gasteiger partial charge in [-0.3, -0.25) is 4.79 Å². The van der Waals surface area contributed by atoms with E-state index in [2.05, 4.69) is 41.5 Å². The van der Waals surface area contributed by atoms with Gasteiger partial charge in [-0.1, -0.05) is 41.5 Å². The highest BCUT2D eigenvalue weighted by atomic mass is 16.6. The van der Waals surface area contributed by atoms with Crippen molar-refractivity contribution in [3.8, 4) is 0 Å². The summed E-state index contributed by atoms with van der Waals surface area (Å²) in [5.74, 6) is 1.45. The third-order valence-electron chi connectivity index (χ3n) is 7.15. The maximum Gasteiger partial charge on any atom is 0.168 e. The number of hydrogen-bond donors (Lipinski definition) is 0. The Bertz CT molecular complexity index is 423. The van der Waals surface area contributed by atoms with Crippen LogP contribution in [0.3, 0.4) is 0 Å². The van der Waals surface area contributed by atoms with Crippen LogP contribution in [0, 0.1) is 22.7 Å². The first-order valence-electron chi connectivity index (χ1n) is 7.38. The highest BCUT2D eigenvalue weighted by molar-refractivity contribution is 5.94. The Hall–Kier alpha value is -0.370. The van der Waals surface area contributed by atoms with Crippen LogP contribution in [0.1, 0.15) is 60.8 Å². The third-order valence-corrected chi connectivity index (χ3v) is 7.15. The summed E-state index contributed by atoms with van der Waals surface area (Å²) >= 11 is 0. The zero-order valence-electron chi connectivity index (χ0n) is 12.6. The first kappa shape index (κ1) is 12.7. The second kappa shape index (κ2) is 3.03. The Balaban J connectivity index is 2.20. The van der Waals surface area contributed by atoms with E-state index in [9.17, 15) is 4.79 Å². The number of epoxide rings is 1. The highest BCUT2D eigenvalue weighted by Crippen LogP contribution is 2.77. The minimum Gasteiger partial charge on any atom is -0.353 e. The van der Waals surface area contributed by atoms with E-state index >= 15 is 0 Å². The van der Waals surface area contributed by atoms with Crippen molar-refractivity contribution in [2.75, 3.05) is 0 Å². The minimum atomic E-state index is -0.478. The quantitative estimate of drug-likeness (QED) is 0.615. The molecule has 2 saturated carbocycles. The lowest BCUT2D eigenvalue weighted by Crippen LogP contribution is -2.63. The van der Waals surface area contributed by atoms with Gasteiger partial charge < -0.3 is 4.74 Å². The standard InChI is InChI=1S/C16H26O2/c1-10-11(2)14(5,6)16-12(17)8-7-9-15(16,18-16)13(10,3)4/h10-11H,7-9H2,1-6H3/t10-,11-,15-,16+/m0/s1. The Kier molecular flexibility index (Phi) is 2.13. The second-order valence-corrected chi connectivity index (χ2v) is 7.91. The molecule has 3 rings (SSSR count).